The molecule has 0 fully saturated rings. The van der Waals surface area contributed by atoms with Gasteiger partial charge in [-0.25, -0.2) is 9.97 Å². The molecule has 1 N–H and O–H groups in total. The zero-order valence-corrected chi connectivity index (χ0v) is 10.6. The van der Waals surface area contributed by atoms with E-state index in [0.29, 0.717) is 0 Å². The van der Waals surface area contributed by atoms with Crippen molar-refractivity contribution in [2.45, 2.75) is 13.5 Å². The van der Waals surface area contributed by atoms with E-state index >= 15 is 0 Å². The lowest BCUT2D eigenvalue weighted by atomic mass is 10.4. The average molecular weight is 284 g/mol. The van der Waals surface area contributed by atoms with Crippen LogP contribution < -0.4 is 5.32 Å². The number of nitrogens with one attached hydrogen (secondary N) is 1. The van der Waals surface area contributed by atoms with Gasteiger partial charge in [0.15, 0.2) is 0 Å². The highest BCUT2D eigenvalue weighted by atomic mass is 79.9. The van der Waals surface area contributed by atoms with Gasteiger partial charge in [0.1, 0.15) is 5.82 Å². The van der Waals surface area contributed by atoms with Crippen LogP contribution in [0, 0.1) is 6.92 Å². The molecule has 0 saturated heterocycles. The standard InChI is InChI=1S/C10H10BrN3S/c1-7-14-9(6-15-7)5-13-10-3-2-8(11)4-12-10/h2-4,6H,5H2,1H3,(H,12,13). The van der Waals surface area contributed by atoms with Crippen molar-refractivity contribution < 1.29 is 0 Å². The zero-order valence-electron chi connectivity index (χ0n) is 8.20. The molecule has 3 nitrogen and oxygen atoms in total. The molecule has 0 aromatic carbocycles. The van der Waals surface area contributed by atoms with Gasteiger partial charge in [0.25, 0.3) is 0 Å². The molecule has 0 amide bonds. The number of anilines is 1. The monoisotopic (exact) mass is 283 g/mol. The molecule has 5 heteroatoms. The summed E-state index contributed by atoms with van der Waals surface area (Å²) in [4.78, 5) is 8.58. The van der Waals surface area contributed by atoms with Gasteiger partial charge in [-0.3, -0.25) is 0 Å². The molecule has 0 unspecified atom stereocenters. The molecule has 0 radical (unpaired) electrons. The summed E-state index contributed by atoms with van der Waals surface area (Å²) in [5.41, 5.74) is 1.06. The summed E-state index contributed by atoms with van der Waals surface area (Å²) < 4.78 is 0.984. The number of thiazole rings is 1. The van der Waals surface area contributed by atoms with Gasteiger partial charge in [-0.1, -0.05) is 0 Å². The Bertz CT molecular complexity index is 438. The minimum absolute atomic E-state index is 0.721. The normalized spacial score (nSPS) is 10.3. The topological polar surface area (TPSA) is 37.8 Å². The fraction of sp³-hybridized carbons (Fsp3) is 0.200. The van der Waals surface area contributed by atoms with Crippen molar-refractivity contribution in [3.63, 3.8) is 0 Å². The van der Waals surface area contributed by atoms with E-state index in [1.54, 1.807) is 17.5 Å². The summed E-state index contributed by atoms with van der Waals surface area (Å²) in [7, 11) is 0. The maximum absolute atomic E-state index is 4.36. The van der Waals surface area contributed by atoms with Gasteiger partial charge in [-0.2, -0.15) is 0 Å². The lowest BCUT2D eigenvalue weighted by Gasteiger charge is -2.02. The lowest BCUT2D eigenvalue weighted by molar-refractivity contribution is 1.04. The minimum atomic E-state index is 0.721. The molecular weight excluding hydrogens is 274 g/mol. The highest BCUT2D eigenvalue weighted by Gasteiger charge is 1.98. The Morgan fingerprint density at radius 2 is 2.33 bits per heavy atom. The van der Waals surface area contributed by atoms with Crippen molar-refractivity contribution in [3.05, 3.63) is 38.9 Å². The third kappa shape index (κ3) is 3.00. The molecular formula is C10H10BrN3S. The van der Waals surface area contributed by atoms with Crippen molar-refractivity contribution in [3.8, 4) is 0 Å². The second-order valence-electron chi connectivity index (χ2n) is 3.07. The van der Waals surface area contributed by atoms with Crippen LogP contribution in [0.15, 0.2) is 28.2 Å². The number of hydrogen-bond donors (Lipinski definition) is 1. The molecule has 0 atom stereocenters. The Balaban J connectivity index is 1.96. The highest BCUT2D eigenvalue weighted by molar-refractivity contribution is 9.10. The van der Waals surface area contributed by atoms with Gasteiger partial charge in [-0.05, 0) is 35.0 Å². The lowest BCUT2D eigenvalue weighted by Crippen LogP contribution is -2.01. The number of pyridine rings is 1. The molecule has 0 spiro atoms. The van der Waals surface area contributed by atoms with Crippen molar-refractivity contribution in [2.75, 3.05) is 5.32 Å². The highest BCUT2D eigenvalue weighted by Crippen LogP contribution is 2.12. The average Bonchev–Trinajstić information content (AvgIpc) is 2.64. The first kappa shape index (κ1) is 10.6. The number of aryl methyl sites for hydroxylation is 1. The first-order chi connectivity index (χ1) is 7.24. The quantitative estimate of drug-likeness (QED) is 0.940. The Kier molecular flexibility index (Phi) is 3.33. The van der Waals surface area contributed by atoms with Gasteiger partial charge in [-0.15, -0.1) is 11.3 Å². The first-order valence-corrected chi connectivity index (χ1v) is 6.18. The van der Waals surface area contributed by atoms with E-state index in [1.165, 1.54) is 0 Å². The first-order valence-electron chi connectivity index (χ1n) is 4.50. The number of nitrogens with zero attached hydrogens (tertiary/aromatic N) is 2. The van der Waals surface area contributed by atoms with Crippen LogP contribution in [0.3, 0.4) is 0 Å². The number of aromatic nitrogens is 2. The Labute approximate surface area is 101 Å². The van der Waals surface area contributed by atoms with Crippen molar-refractivity contribution in [2.24, 2.45) is 0 Å². The molecule has 0 bridgehead atoms. The number of hydrogen-bond acceptors (Lipinski definition) is 4. The molecule has 0 saturated carbocycles. The van der Waals surface area contributed by atoms with Crippen molar-refractivity contribution >= 4 is 33.1 Å². The third-order valence-electron chi connectivity index (χ3n) is 1.84. The van der Waals surface area contributed by atoms with Crippen LogP contribution >= 0.6 is 27.3 Å². The molecule has 78 valence electrons. The van der Waals surface area contributed by atoms with E-state index in [0.717, 1.165) is 27.5 Å². The molecule has 0 aliphatic rings. The molecule has 2 aromatic rings. The zero-order chi connectivity index (χ0) is 10.7. The largest absolute Gasteiger partial charge is 0.364 e. The van der Waals surface area contributed by atoms with Crippen LogP contribution in [-0.2, 0) is 6.54 Å². The maximum Gasteiger partial charge on any atom is 0.126 e. The summed E-state index contributed by atoms with van der Waals surface area (Å²) in [6.45, 7) is 2.73. The fourth-order valence-electron chi connectivity index (χ4n) is 1.15. The second kappa shape index (κ2) is 4.72. The van der Waals surface area contributed by atoms with E-state index in [4.69, 9.17) is 0 Å². The number of rotatable bonds is 3. The Morgan fingerprint density at radius 1 is 1.47 bits per heavy atom. The molecule has 2 rings (SSSR count). The molecule has 15 heavy (non-hydrogen) atoms. The van der Waals surface area contributed by atoms with Crippen LogP contribution in [0.2, 0.25) is 0 Å². The second-order valence-corrected chi connectivity index (χ2v) is 5.05. The van der Waals surface area contributed by atoms with Gasteiger partial charge in [0, 0.05) is 16.0 Å². The van der Waals surface area contributed by atoms with E-state index in [1.807, 2.05) is 19.1 Å². The summed E-state index contributed by atoms with van der Waals surface area (Å²) >= 11 is 5.01. The summed E-state index contributed by atoms with van der Waals surface area (Å²) in [6, 6.07) is 3.89. The SMILES string of the molecule is Cc1nc(CNc2ccc(Br)cn2)cs1. The van der Waals surface area contributed by atoms with Crippen molar-refractivity contribution in [1.29, 1.82) is 0 Å². The fourth-order valence-corrected chi connectivity index (χ4v) is 2.00. The van der Waals surface area contributed by atoms with E-state index < -0.39 is 0 Å². The minimum Gasteiger partial charge on any atom is -0.364 e. The van der Waals surface area contributed by atoms with Crippen LogP contribution in [0.5, 0.6) is 0 Å². The predicted molar refractivity (Wildman–Crippen MR) is 66.1 cm³/mol. The summed E-state index contributed by atoms with van der Waals surface area (Å²) in [5.74, 6) is 0.865. The summed E-state index contributed by atoms with van der Waals surface area (Å²) in [5, 5.41) is 6.36. The molecule has 2 heterocycles. The van der Waals surface area contributed by atoms with Gasteiger partial charge < -0.3 is 5.32 Å². The van der Waals surface area contributed by atoms with Crippen LogP contribution in [0.4, 0.5) is 5.82 Å². The van der Waals surface area contributed by atoms with Crippen LogP contribution in [0.1, 0.15) is 10.7 Å². The van der Waals surface area contributed by atoms with Gasteiger partial charge >= 0.3 is 0 Å². The van der Waals surface area contributed by atoms with E-state index in [-0.39, 0.29) is 0 Å². The third-order valence-corrected chi connectivity index (χ3v) is 3.14. The van der Waals surface area contributed by atoms with Crippen LogP contribution in [0.25, 0.3) is 0 Å². The van der Waals surface area contributed by atoms with Crippen LogP contribution in [-0.4, -0.2) is 9.97 Å². The Morgan fingerprint density at radius 3 is 2.93 bits per heavy atom. The van der Waals surface area contributed by atoms with E-state index in [2.05, 4.69) is 36.6 Å². The summed E-state index contributed by atoms with van der Waals surface area (Å²) in [6.07, 6.45) is 1.77. The van der Waals surface area contributed by atoms with Gasteiger partial charge in [0.05, 0.1) is 17.2 Å². The Hall–Kier alpha value is -0.940. The smallest absolute Gasteiger partial charge is 0.126 e. The predicted octanol–water partition coefficient (Wildman–Crippen LogP) is 3.22. The van der Waals surface area contributed by atoms with E-state index in [9.17, 15) is 0 Å². The number of halogens is 1. The molecule has 2 aromatic heterocycles. The molecule has 0 aliphatic carbocycles. The van der Waals surface area contributed by atoms with Crippen molar-refractivity contribution in [1.82, 2.24) is 9.97 Å². The van der Waals surface area contributed by atoms with Gasteiger partial charge in [0.2, 0.25) is 0 Å². The maximum atomic E-state index is 4.36. The molecule has 0 aliphatic heterocycles.